The maximum absolute atomic E-state index is 5.76. The van der Waals surface area contributed by atoms with E-state index in [0.29, 0.717) is 0 Å². The van der Waals surface area contributed by atoms with Crippen molar-refractivity contribution >= 4 is 17.7 Å². The molecule has 0 aliphatic rings. The molecule has 0 N–H and O–H groups in total. The first kappa shape index (κ1) is 15.1. The van der Waals surface area contributed by atoms with Crippen molar-refractivity contribution in [2.75, 3.05) is 0 Å². The zero-order valence-corrected chi connectivity index (χ0v) is 13.5. The van der Waals surface area contributed by atoms with Crippen LogP contribution in [0.25, 0.3) is 17.7 Å². The molecule has 0 unspecified atom stereocenters. The molecule has 0 aliphatic carbocycles. The molecule has 3 rings (SSSR count). The molecule has 1 heterocycles. The highest BCUT2D eigenvalue weighted by Gasteiger charge is 2.07. The number of hydrogen-bond acceptors (Lipinski definition) is 1. The van der Waals surface area contributed by atoms with E-state index >= 15 is 0 Å². The van der Waals surface area contributed by atoms with Crippen LogP contribution < -0.4 is 0 Å². The number of benzene rings is 2. The molecular weight excluding hydrogens is 280 g/mol. The Morgan fingerprint density at radius 2 is 1.22 bits per heavy atom. The maximum atomic E-state index is 5.76. The van der Waals surface area contributed by atoms with Gasteiger partial charge in [0.1, 0.15) is 11.5 Å². The summed E-state index contributed by atoms with van der Waals surface area (Å²) in [6.07, 6.45) is 3.80. The van der Waals surface area contributed by atoms with E-state index < -0.39 is 0 Å². The minimum atomic E-state index is 0.781. The lowest BCUT2D eigenvalue weighted by Gasteiger charge is -2.09. The van der Waals surface area contributed by atoms with Crippen LogP contribution in [0.2, 0.25) is 0 Å². The summed E-state index contributed by atoms with van der Waals surface area (Å²) in [7, 11) is 0. The molecule has 0 bridgehead atoms. The molecule has 1 heteroatoms. The van der Waals surface area contributed by atoms with Crippen molar-refractivity contribution in [3.63, 3.8) is 0 Å². The standard InChI is InChI=1S/C22H20O/c1-4-20-13-14-21(23-20)15-22(18-9-5-16(2)6-10-18)19-11-7-17(3)8-12-19/h4-15H,1H2,2-3H3. The first-order valence-electron chi connectivity index (χ1n) is 7.74. The molecule has 2 aromatic carbocycles. The topological polar surface area (TPSA) is 13.1 Å². The maximum Gasteiger partial charge on any atom is 0.128 e. The Hall–Kier alpha value is -2.80. The summed E-state index contributed by atoms with van der Waals surface area (Å²) < 4.78 is 5.76. The lowest BCUT2D eigenvalue weighted by Crippen LogP contribution is -1.89. The van der Waals surface area contributed by atoms with Crippen LogP contribution in [0.5, 0.6) is 0 Å². The van der Waals surface area contributed by atoms with E-state index in [1.54, 1.807) is 6.08 Å². The van der Waals surface area contributed by atoms with Crippen molar-refractivity contribution in [1.82, 2.24) is 0 Å². The summed E-state index contributed by atoms with van der Waals surface area (Å²) in [6.45, 7) is 7.94. The van der Waals surface area contributed by atoms with Gasteiger partial charge < -0.3 is 4.42 Å². The molecule has 0 saturated heterocycles. The number of aryl methyl sites for hydroxylation is 2. The van der Waals surface area contributed by atoms with Gasteiger partial charge in [-0.3, -0.25) is 0 Å². The van der Waals surface area contributed by atoms with Crippen molar-refractivity contribution in [3.05, 3.63) is 101 Å². The summed E-state index contributed by atoms with van der Waals surface area (Å²) in [5.74, 6) is 1.61. The van der Waals surface area contributed by atoms with Crippen LogP contribution in [-0.2, 0) is 0 Å². The smallest absolute Gasteiger partial charge is 0.128 e. The van der Waals surface area contributed by atoms with Crippen LogP contribution in [0, 0.1) is 13.8 Å². The van der Waals surface area contributed by atoms with Crippen molar-refractivity contribution in [2.24, 2.45) is 0 Å². The van der Waals surface area contributed by atoms with Gasteiger partial charge in [0.15, 0.2) is 0 Å². The lowest BCUT2D eigenvalue weighted by atomic mass is 9.95. The van der Waals surface area contributed by atoms with E-state index in [4.69, 9.17) is 4.42 Å². The third-order valence-corrected chi connectivity index (χ3v) is 3.86. The number of hydrogen-bond donors (Lipinski definition) is 0. The van der Waals surface area contributed by atoms with E-state index in [1.807, 2.05) is 12.1 Å². The molecule has 0 fully saturated rings. The second-order valence-corrected chi connectivity index (χ2v) is 5.73. The van der Waals surface area contributed by atoms with E-state index in [9.17, 15) is 0 Å². The second-order valence-electron chi connectivity index (χ2n) is 5.73. The Bertz CT molecular complexity index is 783. The SMILES string of the molecule is C=Cc1ccc(C=C(c2ccc(C)cc2)c2ccc(C)cc2)o1. The third-order valence-electron chi connectivity index (χ3n) is 3.86. The summed E-state index contributed by atoms with van der Waals surface area (Å²) in [4.78, 5) is 0. The summed E-state index contributed by atoms with van der Waals surface area (Å²) in [5.41, 5.74) is 6.01. The van der Waals surface area contributed by atoms with Crippen LogP contribution in [-0.4, -0.2) is 0 Å². The van der Waals surface area contributed by atoms with Gasteiger partial charge in [0.2, 0.25) is 0 Å². The predicted octanol–water partition coefficient (Wildman–Crippen LogP) is 6.13. The van der Waals surface area contributed by atoms with Gasteiger partial charge in [0.05, 0.1) is 0 Å². The fourth-order valence-electron chi connectivity index (χ4n) is 2.50. The Morgan fingerprint density at radius 1 is 0.739 bits per heavy atom. The molecule has 1 nitrogen and oxygen atoms in total. The third kappa shape index (κ3) is 3.51. The summed E-state index contributed by atoms with van der Waals surface area (Å²) in [5, 5.41) is 0. The van der Waals surface area contributed by atoms with Crippen LogP contribution in [0.4, 0.5) is 0 Å². The van der Waals surface area contributed by atoms with E-state index in [-0.39, 0.29) is 0 Å². The van der Waals surface area contributed by atoms with E-state index in [2.05, 4.69) is 75.0 Å². The molecule has 0 radical (unpaired) electrons. The van der Waals surface area contributed by atoms with Crippen molar-refractivity contribution in [1.29, 1.82) is 0 Å². The lowest BCUT2D eigenvalue weighted by molar-refractivity contribution is 0.547. The highest BCUT2D eigenvalue weighted by Crippen LogP contribution is 2.27. The second kappa shape index (κ2) is 6.53. The quantitative estimate of drug-likeness (QED) is 0.565. The Labute approximate surface area is 137 Å². The van der Waals surface area contributed by atoms with Gasteiger partial charge in [0.25, 0.3) is 0 Å². The van der Waals surface area contributed by atoms with E-state index in [1.165, 1.54) is 22.3 Å². The minimum Gasteiger partial charge on any atom is -0.457 e. The van der Waals surface area contributed by atoms with Crippen molar-refractivity contribution in [2.45, 2.75) is 13.8 Å². The largest absolute Gasteiger partial charge is 0.457 e. The van der Waals surface area contributed by atoms with Crippen molar-refractivity contribution in [3.8, 4) is 0 Å². The molecule has 1 aromatic heterocycles. The molecule has 114 valence electrons. The van der Waals surface area contributed by atoms with Crippen LogP contribution in [0.1, 0.15) is 33.8 Å². The van der Waals surface area contributed by atoms with Gasteiger partial charge in [-0.15, -0.1) is 0 Å². The minimum absolute atomic E-state index is 0.781. The van der Waals surface area contributed by atoms with Gasteiger partial charge in [-0.1, -0.05) is 66.2 Å². The first-order chi connectivity index (χ1) is 11.2. The van der Waals surface area contributed by atoms with Crippen LogP contribution in [0.3, 0.4) is 0 Å². The summed E-state index contributed by atoms with van der Waals surface area (Å²) in [6, 6.07) is 21.0. The molecule has 23 heavy (non-hydrogen) atoms. The van der Waals surface area contributed by atoms with Gasteiger partial charge in [0, 0.05) is 0 Å². The normalized spacial score (nSPS) is 10.3. The zero-order valence-electron chi connectivity index (χ0n) is 13.5. The zero-order chi connectivity index (χ0) is 16.2. The molecule has 3 aromatic rings. The summed E-state index contributed by atoms with van der Waals surface area (Å²) >= 11 is 0. The van der Waals surface area contributed by atoms with Gasteiger partial charge in [-0.05, 0) is 54.8 Å². The molecule has 0 aliphatic heterocycles. The highest BCUT2D eigenvalue weighted by atomic mass is 16.3. The Morgan fingerprint density at radius 3 is 1.65 bits per heavy atom. The number of furan rings is 1. The molecular formula is C22H20O. The van der Waals surface area contributed by atoms with Crippen molar-refractivity contribution < 1.29 is 4.42 Å². The van der Waals surface area contributed by atoms with Crippen LogP contribution in [0.15, 0.2) is 71.7 Å². The Balaban J connectivity index is 2.10. The van der Waals surface area contributed by atoms with Crippen LogP contribution >= 0.6 is 0 Å². The Kier molecular flexibility index (Phi) is 4.29. The average molecular weight is 300 g/mol. The van der Waals surface area contributed by atoms with Gasteiger partial charge >= 0.3 is 0 Å². The molecule has 0 saturated carbocycles. The van der Waals surface area contributed by atoms with E-state index in [0.717, 1.165) is 17.1 Å². The van der Waals surface area contributed by atoms with Gasteiger partial charge in [-0.2, -0.15) is 0 Å². The fraction of sp³-hybridized carbons (Fsp3) is 0.0909. The monoisotopic (exact) mass is 300 g/mol. The average Bonchev–Trinajstić information content (AvgIpc) is 3.02. The number of rotatable bonds is 4. The highest BCUT2D eigenvalue weighted by molar-refractivity contribution is 5.90. The molecule has 0 atom stereocenters. The molecule has 0 spiro atoms. The predicted molar refractivity (Wildman–Crippen MR) is 98.1 cm³/mol. The first-order valence-corrected chi connectivity index (χ1v) is 7.74. The van der Waals surface area contributed by atoms with Gasteiger partial charge in [-0.25, -0.2) is 0 Å². The molecule has 0 amide bonds. The fourth-order valence-corrected chi connectivity index (χ4v) is 2.50.